The molecule has 0 saturated heterocycles. The Morgan fingerprint density at radius 1 is 2.00 bits per heavy atom. The normalized spacial score (nSPS) is 13.2. The maximum Gasteiger partial charge on any atom is 0.151 e. The van der Waals surface area contributed by atoms with Gasteiger partial charge in [0.25, 0.3) is 0 Å². The molecule has 0 aromatic heterocycles. The number of nitrogens with one attached hydrogen (secondary N) is 1. The Bertz CT molecular complexity index is 86.1. The van der Waals surface area contributed by atoms with Gasteiger partial charge in [0.15, 0.2) is 5.17 Å². The Balaban J connectivity index is 3.24. The third kappa shape index (κ3) is 3.95. The summed E-state index contributed by atoms with van der Waals surface area (Å²) in [6, 6.07) is 0. The summed E-state index contributed by atoms with van der Waals surface area (Å²) in [5.74, 6) is 0. The molecule has 0 radical (unpaired) electrons. The molecular formula is C4H10N2OS. The summed E-state index contributed by atoms with van der Waals surface area (Å²) in [6.45, 7) is 1.89. The Kier molecular flexibility index (Phi) is 3.64. The summed E-state index contributed by atoms with van der Waals surface area (Å²) in [5, 5.41) is 15.3. The molecule has 3 nitrogen and oxygen atoms in total. The monoisotopic (exact) mass is 134 g/mol. The summed E-state index contributed by atoms with van der Waals surface area (Å²) in [7, 11) is 0. The minimum absolute atomic E-state index is 0.0486. The van der Waals surface area contributed by atoms with Crippen LogP contribution in [0.2, 0.25) is 0 Å². The lowest BCUT2D eigenvalue weighted by Gasteiger charge is -2.02. The van der Waals surface area contributed by atoms with Gasteiger partial charge in [-0.3, -0.25) is 5.41 Å². The van der Waals surface area contributed by atoms with E-state index < -0.39 is 0 Å². The fourth-order valence-electron chi connectivity index (χ4n) is 0.254. The Morgan fingerprint density at radius 2 is 2.50 bits per heavy atom. The van der Waals surface area contributed by atoms with Crippen molar-refractivity contribution in [1.82, 2.24) is 0 Å². The van der Waals surface area contributed by atoms with E-state index in [1.165, 1.54) is 11.8 Å². The maximum absolute atomic E-state index is 8.41. The van der Waals surface area contributed by atoms with Gasteiger partial charge in [0.2, 0.25) is 0 Å². The van der Waals surface area contributed by atoms with E-state index in [0.717, 1.165) is 0 Å². The second kappa shape index (κ2) is 3.74. The highest BCUT2D eigenvalue weighted by Gasteiger charge is 1.99. The summed E-state index contributed by atoms with van der Waals surface area (Å²) < 4.78 is 0. The molecule has 1 atom stereocenters. The van der Waals surface area contributed by atoms with E-state index in [2.05, 4.69) is 0 Å². The van der Waals surface area contributed by atoms with Crippen LogP contribution in [0.4, 0.5) is 0 Å². The van der Waals surface area contributed by atoms with Gasteiger partial charge < -0.3 is 10.8 Å². The van der Waals surface area contributed by atoms with Gasteiger partial charge in [0.1, 0.15) is 0 Å². The van der Waals surface area contributed by atoms with Crippen LogP contribution in [-0.4, -0.2) is 22.1 Å². The molecule has 0 bridgehead atoms. The quantitative estimate of drug-likeness (QED) is 0.367. The topological polar surface area (TPSA) is 70.1 Å². The standard InChI is InChI=1S/C4H10N2OS/c1-3(2-7)8-4(5)6/h3,7H,2H2,1H3,(H3,5,6). The Hall–Kier alpha value is -0.220. The molecule has 0 amide bonds. The molecule has 4 heteroatoms. The number of hydrogen-bond acceptors (Lipinski definition) is 3. The lowest BCUT2D eigenvalue weighted by Crippen LogP contribution is -2.12. The van der Waals surface area contributed by atoms with E-state index in [1.807, 2.05) is 6.92 Å². The fraction of sp³-hybridized carbons (Fsp3) is 0.750. The zero-order valence-corrected chi connectivity index (χ0v) is 5.53. The predicted molar refractivity (Wildman–Crippen MR) is 36.1 cm³/mol. The van der Waals surface area contributed by atoms with Crippen molar-refractivity contribution < 1.29 is 5.11 Å². The van der Waals surface area contributed by atoms with E-state index in [4.69, 9.17) is 16.2 Å². The van der Waals surface area contributed by atoms with Crippen molar-refractivity contribution in [2.75, 3.05) is 6.61 Å². The first kappa shape index (κ1) is 7.78. The van der Waals surface area contributed by atoms with Crippen molar-refractivity contribution in [3.63, 3.8) is 0 Å². The number of nitrogens with two attached hydrogens (primary N) is 1. The van der Waals surface area contributed by atoms with Crippen LogP contribution < -0.4 is 5.73 Å². The van der Waals surface area contributed by atoms with Crippen LogP contribution in [0.15, 0.2) is 0 Å². The Morgan fingerprint density at radius 3 is 2.62 bits per heavy atom. The van der Waals surface area contributed by atoms with E-state index in [0.29, 0.717) is 0 Å². The number of aliphatic hydroxyl groups is 1. The highest BCUT2D eigenvalue weighted by molar-refractivity contribution is 8.14. The van der Waals surface area contributed by atoms with Gasteiger partial charge in [-0.1, -0.05) is 18.7 Å². The third-order valence-corrected chi connectivity index (χ3v) is 1.39. The van der Waals surface area contributed by atoms with Crippen LogP contribution in [0, 0.1) is 5.41 Å². The molecule has 0 aromatic carbocycles. The Labute approximate surface area is 52.8 Å². The number of amidine groups is 1. The molecule has 4 N–H and O–H groups in total. The van der Waals surface area contributed by atoms with Crippen LogP contribution in [-0.2, 0) is 0 Å². The second-order valence-corrected chi connectivity index (χ2v) is 2.96. The molecule has 0 aromatic rings. The molecular weight excluding hydrogens is 124 g/mol. The molecule has 0 spiro atoms. The summed E-state index contributed by atoms with van der Waals surface area (Å²) >= 11 is 1.17. The molecule has 0 heterocycles. The first-order chi connectivity index (χ1) is 3.66. The first-order valence-electron chi connectivity index (χ1n) is 2.28. The van der Waals surface area contributed by atoms with E-state index >= 15 is 0 Å². The molecule has 0 fully saturated rings. The molecule has 1 unspecified atom stereocenters. The molecule has 0 rings (SSSR count). The number of aliphatic hydroxyl groups excluding tert-OH is 1. The highest BCUT2D eigenvalue weighted by Crippen LogP contribution is 2.06. The molecule has 8 heavy (non-hydrogen) atoms. The fourth-order valence-corrected chi connectivity index (χ4v) is 0.762. The van der Waals surface area contributed by atoms with Crippen molar-refractivity contribution in [3.05, 3.63) is 0 Å². The van der Waals surface area contributed by atoms with Crippen molar-refractivity contribution in [2.45, 2.75) is 12.2 Å². The van der Waals surface area contributed by atoms with Crippen LogP contribution >= 0.6 is 11.8 Å². The van der Waals surface area contributed by atoms with E-state index in [-0.39, 0.29) is 17.0 Å². The first-order valence-corrected chi connectivity index (χ1v) is 3.16. The summed E-state index contributed by atoms with van der Waals surface area (Å²) in [6.07, 6.45) is 0. The van der Waals surface area contributed by atoms with Crippen LogP contribution in [0.5, 0.6) is 0 Å². The van der Waals surface area contributed by atoms with Crippen molar-refractivity contribution in [3.8, 4) is 0 Å². The minimum Gasteiger partial charge on any atom is -0.395 e. The minimum atomic E-state index is 0.0486. The van der Waals surface area contributed by atoms with Gasteiger partial charge in [0.05, 0.1) is 6.61 Å². The van der Waals surface area contributed by atoms with Gasteiger partial charge >= 0.3 is 0 Å². The van der Waals surface area contributed by atoms with E-state index in [9.17, 15) is 0 Å². The average molecular weight is 134 g/mol. The smallest absolute Gasteiger partial charge is 0.151 e. The summed E-state index contributed by atoms with van der Waals surface area (Å²) in [4.78, 5) is 0. The average Bonchev–Trinajstić information content (AvgIpc) is 1.65. The van der Waals surface area contributed by atoms with Gasteiger partial charge in [0, 0.05) is 5.25 Å². The highest BCUT2D eigenvalue weighted by atomic mass is 32.2. The zero-order valence-electron chi connectivity index (χ0n) is 4.72. The summed E-state index contributed by atoms with van der Waals surface area (Å²) in [5.41, 5.74) is 5.00. The van der Waals surface area contributed by atoms with E-state index in [1.54, 1.807) is 0 Å². The van der Waals surface area contributed by atoms with Crippen LogP contribution in [0.3, 0.4) is 0 Å². The SMILES string of the molecule is CC(CO)SC(=N)N. The molecule has 48 valence electrons. The van der Waals surface area contributed by atoms with Gasteiger partial charge in [-0.15, -0.1) is 0 Å². The molecule has 0 aliphatic rings. The number of thioether (sulfide) groups is 1. The lowest BCUT2D eigenvalue weighted by atomic mass is 10.5. The van der Waals surface area contributed by atoms with Crippen LogP contribution in [0.25, 0.3) is 0 Å². The number of hydrogen-bond donors (Lipinski definition) is 3. The van der Waals surface area contributed by atoms with Crippen molar-refractivity contribution >= 4 is 16.9 Å². The third-order valence-electron chi connectivity index (χ3n) is 0.585. The van der Waals surface area contributed by atoms with Gasteiger partial charge in [-0.05, 0) is 0 Å². The van der Waals surface area contributed by atoms with Crippen LogP contribution in [0.1, 0.15) is 6.92 Å². The lowest BCUT2D eigenvalue weighted by molar-refractivity contribution is 0.300. The number of rotatable bonds is 2. The zero-order chi connectivity index (χ0) is 6.57. The predicted octanol–water partition coefficient (Wildman–Crippen LogP) is -0.00613. The van der Waals surface area contributed by atoms with Gasteiger partial charge in [-0.25, -0.2) is 0 Å². The largest absolute Gasteiger partial charge is 0.395 e. The molecule has 0 aliphatic carbocycles. The van der Waals surface area contributed by atoms with Crippen molar-refractivity contribution in [2.24, 2.45) is 5.73 Å². The van der Waals surface area contributed by atoms with Crippen molar-refractivity contribution in [1.29, 1.82) is 5.41 Å². The second-order valence-electron chi connectivity index (χ2n) is 1.48. The molecule has 0 aliphatic heterocycles. The van der Waals surface area contributed by atoms with Gasteiger partial charge in [-0.2, -0.15) is 0 Å². The molecule has 0 saturated carbocycles. The maximum atomic E-state index is 8.41.